The Morgan fingerprint density at radius 3 is 2.56 bits per heavy atom. The van der Waals surface area contributed by atoms with Crippen LogP contribution in [0.15, 0.2) is 24.5 Å². The van der Waals surface area contributed by atoms with Gasteiger partial charge in [0.2, 0.25) is 0 Å². The number of halogens is 1. The molecule has 2 aromatic heterocycles. The highest BCUT2D eigenvalue weighted by atomic mass is 35.5. The summed E-state index contributed by atoms with van der Waals surface area (Å²) < 4.78 is 1.53. The summed E-state index contributed by atoms with van der Waals surface area (Å²) in [5.41, 5.74) is 0.628. The van der Waals surface area contributed by atoms with E-state index < -0.39 is 5.97 Å². The van der Waals surface area contributed by atoms with Gasteiger partial charge in [-0.25, -0.2) is 9.78 Å². The van der Waals surface area contributed by atoms with Gasteiger partial charge in [0.25, 0.3) is 0 Å². The number of carboxylic acid groups (broad SMARTS) is 1. The molecule has 0 aliphatic carbocycles. The molecule has 2 aromatic rings. The summed E-state index contributed by atoms with van der Waals surface area (Å²) in [5.74, 6) is -0.634. The van der Waals surface area contributed by atoms with Crippen molar-refractivity contribution < 1.29 is 9.90 Å². The molecule has 6 heteroatoms. The molecule has 0 fully saturated rings. The van der Waals surface area contributed by atoms with Crippen LogP contribution in [0.2, 0.25) is 5.15 Å². The van der Waals surface area contributed by atoms with Gasteiger partial charge in [-0.3, -0.25) is 4.98 Å². The molecule has 0 radical (unpaired) electrons. The number of aromatic carboxylic acids is 1. The van der Waals surface area contributed by atoms with Gasteiger partial charge in [0.05, 0.1) is 0 Å². The smallest absolute Gasteiger partial charge is 0.357 e. The van der Waals surface area contributed by atoms with E-state index in [1.54, 1.807) is 31.6 Å². The summed E-state index contributed by atoms with van der Waals surface area (Å²) >= 11 is 5.86. The molecule has 0 aliphatic heterocycles. The molecule has 0 aromatic carbocycles. The van der Waals surface area contributed by atoms with Crippen molar-refractivity contribution in [2.45, 2.75) is 0 Å². The normalized spacial score (nSPS) is 10.4. The Hall–Kier alpha value is -1.88. The van der Waals surface area contributed by atoms with E-state index in [0.29, 0.717) is 5.82 Å². The standard InChI is InChI=1S/C10H8ClN3O2/c1-14-8(11)7(10(15)16)13-9(14)6-2-4-12-5-3-6/h2-5H,1H3,(H,15,16). The summed E-state index contributed by atoms with van der Waals surface area (Å²) in [4.78, 5) is 18.7. The SMILES string of the molecule is Cn1c(-c2ccncc2)nc(C(=O)O)c1Cl. The lowest BCUT2D eigenvalue weighted by Crippen LogP contribution is -1.97. The summed E-state index contributed by atoms with van der Waals surface area (Å²) in [6, 6.07) is 3.48. The van der Waals surface area contributed by atoms with E-state index in [0.717, 1.165) is 5.56 Å². The largest absolute Gasteiger partial charge is 0.476 e. The molecule has 0 unspecified atom stereocenters. The fourth-order valence-electron chi connectivity index (χ4n) is 1.37. The second-order valence-corrected chi connectivity index (χ2v) is 3.53. The Bertz CT molecular complexity index is 536. The van der Waals surface area contributed by atoms with Gasteiger partial charge >= 0.3 is 5.97 Å². The Balaban J connectivity index is 2.60. The van der Waals surface area contributed by atoms with Gasteiger partial charge in [0.1, 0.15) is 11.0 Å². The highest BCUT2D eigenvalue weighted by Crippen LogP contribution is 2.24. The third-order valence-corrected chi connectivity index (χ3v) is 2.60. The fourth-order valence-corrected chi connectivity index (χ4v) is 1.58. The van der Waals surface area contributed by atoms with Gasteiger partial charge < -0.3 is 9.67 Å². The number of imidazole rings is 1. The number of carboxylic acids is 1. The van der Waals surface area contributed by atoms with Gasteiger partial charge in [-0.05, 0) is 12.1 Å². The molecule has 0 saturated carbocycles. The first kappa shape index (κ1) is 10.6. The second-order valence-electron chi connectivity index (χ2n) is 3.17. The van der Waals surface area contributed by atoms with Crippen LogP contribution in [0.1, 0.15) is 10.5 Å². The third kappa shape index (κ3) is 1.65. The second kappa shape index (κ2) is 3.94. The van der Waals surface area contributed by atoms with E-state index >= 15 is 0 Å². The summed E-state index contributed by atoms with van der Waals surface area (Å²) in [6.07, 6.45) is 3.22. The van der Waals surface area contributed by atoms with Crippen LogP contribution in [0.4, 0.5) is 0 Å². The van der Waals surface area contributed by atoms with E-state index in [2.05, 4.69) is 9.97 Å². The molecule has 0 aliphatic rings. The molecule has 82 valence electrons. The molecular weight excluding hydrogens is 230 g/mol. The maximum absolute atomic E-state index is 10.8. The zero-order chi connectivity index (χ0) is 11.7. The zero-order valence-electron chi connectivity index (χ0n) is 8.38. The monoisotopic (exact) mass is 237 g/mol. The van der Waals surface area contributed by atoms with E-state index in [1.807, 2.05) is 0 Å². The Labute approximate surface area is 96.3 Å². The number of rotatable bonds is 2. The molecule has 0 amide bonds. The van der Waals surface area contributed by atoms with Crippen molar-refractivity contribution in [3.63, 3.8) is 0 Å². The lowest BCUT2D eigenvalue weighted by Gasteiger charge is -2.00. The number of hydrogen-bond donors (Lipinski definition) is 1. The van der Waals surface area contributed by atoms with Crippen molar-refractivity contribution in [1.29, 1.82) is 0 Å². The van der Waals surface area contributed by atoms with Gasteiger partial charge in [-0.2, -0.15) is 0 Å². The molecule has 0 spiro atoms. The van der Waals surface area contributed by atoms with Crippen LogP contribution >= 0.6 is 11.6 Å². The quantitative estimate of drug-likeness (QED) is 0.865. The first-order chi connectivity index (χ1) is 7.61. The first-order valence-corrected chi connectivity index (χ1v) is 4.85. The van der Waals surface area contributed by atoms with Gasteiger partial charge in [0, 0.05) is 25.0 Å². The number of hydrogen-bond acceptors (Lipinski definition) is 3. The predicted octanol–water partition coefficient (Wildman–Crippen LogP) is 1.83. The molecule has 5 nitrogen and oxygen atoms in total. The maximum Gasteiger partial charge on any atom is 0.357 e. The Kier molecular flexibility index (Phi) is 2.62. The fraction of sp³-hybridized carbons (Fsp3) is 0.100. The molecule has 0 bridgehead atoms. The minimum absolute atomic E-state index is 0.110. The third-order valence-electron chi connectivity index (χ3n) is 2.17. The van der Waals surface area contributed by atoms with Crippen molar-refractivity contribution >= 4 is 17.6 Å². The minimum Gasteiger partial charge on any atom is -0.476 e. The topological polar surface area (TPSA) is 68.0 Å². The van der Waals surface area contributed by atoms with Gasteiger partial charge in [-0.15, -0.1) is 0 Å². The van der Waals surface area contributed by atoms with Crippen LogP contribution in [-0.4, -0.2) is 25.6 Å². The van der Waals surface area contributed by atoms with Gasteiger partial charge in [-0.1, -0.05) is 11.6 Å². The summed E-state index contributed by atoms with van der Waals surface area (Å²) in [7, 11) is 1.66. The van der Waals surface area contributed by atoms with E-state index in [9.17, 15) is 4.79 Å². The minimum atomic E-state index is -1.14. The van der Waals surface area contributed by atoms with Crippen LogP contribution in [0, 0.1) is 0 Å². The Morgan fingerprint density at radius 2 is 2.06 bits per heavy atom. The number of nitrogens with zero attached hydrogens (tertiary/aromatic N) is 3. The molecule has 0 saturated heterocycles. The number of aromatic nitrogens is 3. The molecule has 1 N–H and O–H groups in total. The summed E-state index contributed by atoms with van der Waals surface area (Å²) in [6.45, 7) is 0. The average Bonchev–Trinajstić information content (AvgIpc) is 2.58. The van der Waals surface area contributed by atoms with E-state index in [1.165, 1.54) is 4.57 Å². The van der Waals surface area contributed by atoms with E-state index in [4.69, 9.17) is 16.7 Å². The van der Waals surface area contributed by atoms with Crippen molar-refractivity contribution in [2.75, 3.05) is 0 Å². The lowest BCUT2D eigenvalue weighted by atomic mass is 10.2. The highest BCUT2D eigenvalue weighted by Gasteiger charge is 2.19. The van der Waals surface area contributed by atoms with Crippen molar-refractivity contribution in [3.8, 4) is 11.4 Å². The van der Waals surface area contributed by atoms with Crippen LogP contribution in [0.25, 0.3) is 11.4 Å². The number of carbonyl (C=O) groups is 1. The van der Waals surface area contributed by atoms with Crippen LogP contribution in [0.3, 0.4) is 0 Å². The lowest BCUT2D eigenvalue weighted by molar-refractivity contribution is 0.0691. The molecule has 16 heavy (non-hydrogen) atoms. The van der Waals surface area contributed by atoms with Crippen LogP contribution < -0.4 is 0 Å². The van der Waals surface area contributed by atoms with Gasteiger partial charge in [0.15, 0.2) is 5.69 Å². The zero-order valence-corrected chi connectivity index (χ0v) is 9.14. The van der Waals surface area contributed by atoms with Crippen molar-refractivity contribution in [3.05, 3.63) is 35.4 Å². The average molecular weight is 238 g/mol. The van der Waals surface area contributed by atoms with Crippen LogP contribution in [0.5, 0.6) is 0 Å². The van der Waals surface area contributed by atoms with Crippen molar-refractivity contribution in [1.82, 2.24) is 14.5 Å². The summed E-state index contributed by atoms with van der Waals surface area (Å²) in [5, 5.41) is 8.99. The Morgan fingerprint density at radius 1 is 1.44 bits per heavy atom. The number of pyridine rings is 1. The highest BCUT2D eigenvalue weighted by molar-refractivity contribution is 6.32. The van der Waals surface area contributed by atoms with Crippen LogP contribution in [-0.2, 0) is 7.05 Å². The first-order valence-electron chi connectivity index (χ1n) is 4.47. The predicted molar refractivity (Wildman–Crippen MR) is 58.4 cm³/mol. The van der Waals surface area contributed by atoms with E-state index in [-0.39, 0.29) is 10.8 Å². The molecule has 2 rings (SSSR count). The maximum atomic E-state index is 10.8. The van der Waals surface area contributed by atoms with Crippen molar-refractivity contribution in [2.24, 2.45) is 7.05 Å². The molecular formula is C10H8ClN3O2. The molecule has 2 heterocycles. The molecule has 0 atom stereocenters.